The molecule has 0 spiro atoms. The number of pyridine rings is 1. The number of aliphatic hydroxyl groups is 1. The van der Waals surface area contributed by atoms with Gasteiger partial charge in [-0.1, -0.05) is 49.6 Å². The molecule has 2 N–H and O–H groups in total. The number of aromatic nitrogens is 3. The SMILES string of the molecule is O=c1[nH]cnc2cc(-c3cccc4cc(C(O)C5CCCCC5)ccc34)cnc12. The van der Waals surface area contributed by atoms with Crippen LogP contribution >= 0.6 is 0 Å². The highest BCUT2D eigenvalue weighted by atomic mass is 16.3. The first kappa shape index (κ1) is 18.0. The Bertz CT molecular complexity index is 1240. The molecular weight excluding hydrogens is 362 g/mol. The van der Waals surface area contributed by atoms with Crippen LogP contribution in [0.1, 0.15) is 43.8 Å². The number of benzene rings is 2. The van der Waals surface area contributed by atoms with Crippen molar-refractivity contribution in [1.29, 1.82) is 0 Å². The Hall–Kier alpha value is -3.05. The van der Waals surface area contributed by atoms with Crippen LogP contribution < -0.4 is 5.56 Å². The monoisotopic (exact) mass is 385 g/mol. The van der Waals surface area contributed by atoms with E-state index < -0.39 is 6.10 Å². The number of nitrogens with one attached hydrogen (secondary N) is 1. The van der Waals surface area contributed by atoms with Crippen LogP contribution in [0.5, 0.6) is 0 Å². The molecule has 4 aromatic rings. The highest BCUT2D eigenvalue weighted by Gasteiger charge is 2.23. The van der Waals surface area contributed by atoms with Gasteiger partial charge in [-0.25, -0.2) is 9.97 Å². The van der Waals surface area contributed by atoms with E-state index in [1.54, 1.807) is 6.20 Å². The van der Waals surface area contributed by atoms with Crippen LogP contribution in [0, 0.1) is 5.92 Å². The average molecular weight is 385 g/mol. The largest absolute Gasteiger partial charge is 0.388 e. The summed E-state index contributed by atoms with van der Waals surface area (Å²) < 4.78 is 0. The second kappa shape index (κ2) is 7.41. The van der Waals surface area contributed by atoms with E-state index in [2.05, 4.69) is 39.2 Å². The Morgan fingerprint density at radius 1 is 1.03 bits per heavy atom. The van der Waals surface area contributed by atoms with Crippen molar-refractivity contribution in [2.75, 3.05) is 0 Å². The van der Waals surface area contributed by atoms with Crippen molar-refractivity contribution in [3.8, 4) is 11.1 Å². The molecule has 5 rings (SSSR count). The first-order chi connectivity index (χ1) is 14.2. The number of fused-ring (bicyclic) bond motifs is 2. The number of aliphatic hydroxyl groups excluding tert-OH is 1. The fourth-order valence-corrected chi connectivity index (χ4v) is 4.56. The maximum atomic E-state index is 11.9. The molecule has 5 heteroatoms. The summed E-state index contributed by atoms with van der Waals surface area (Å²) in [6, 6.07) is 14.3. The molecule has 0 aliphatic heterocycles. The van der Waals surface area contributed by atoms with E-state index in [9.17, 15) is 9.90 Å². The minimum Gasteiger partial charge on any atom is -0.388 e. The Labute approximate surface area is 168 Å². The topological polar surface area (TPSA) is 78.9 Å². The number of rotatable bonds is 3. The zero-order valence-electron chi connectivity index (χ0n) is 16.1. The van der Waals surface area contributed by atoms with E-state index in [1.165, 1.54) is 25.6 Å². The smallest absolute Gasteiger partial charge is 0.277 e. The second-order valence-corrected chi connectivity index (χ2v) is 7.95. The summed E-state index contributed by atoms with van der Waals surface area (Å²) in [6.45, 7) is 0. The molecule has 5 nitrogen and oxygen atoms in total. The molecule has 1 unspecified atom stereocenters. The zero-order chi connectivity index (χ0) is 19.8. The van der Waals surface area contributed by atoms with Gasteiger partial charge in [-0.3, -0.25) is 4.79 Å². The maximum absolute atomic E-state index is 11.9. The molecule has 29 heavy (non-hydrogen) atoms. The Kier molecular flexibility index (Phi) is 4.60. The molecule has 2 heterocycles. The lowest BCUT2D eigenvalue weighted by atomic mass is 9.82. The van der Waals surface area contributed by atoms with Crippen LogP contribution in [-0.4, -0.2) is 20.1 Å². The molecule has 146 valence electrons. The van der Waals surface area contributed by atoms with Crippen molar-refractivity contribution in [2.45, 2.75) is 38.2 Å². The summed E-state index contributed by atoms with van der Waals surface area (Å²) in [5, 5.41) is 13.1. The summed E-state index contributed by atoms with van der Waals surface area (Å²) >= 11 is 0. The summed E-state index contributed by atoms with van der Waals surface area (Å²) in [5.74, 6) is 0.359. The number of nitrogens with zero attached hydrogens (tertiary/aromatic N) is 2. The third-order valence-corrected chi connectivity index (χ3v) is 6.14. The summed E-state index contributed by atoms with van der Waals surface area (Å²) in [4.78, 5) is 23.0. The molecular formula is C24H23N3O2. The number of aromatic amines is 1. The first-order valence-corrected chi connectivity index (χ1v) is 10.3. The van der Waals surface area contributed by atoms with Crippen molar-refractivity contribution in [1.82, 2.24) is 15.0 Å². The van der Waals surface area contributed by atoms with Crippen LogP contribution in [0.15, 0.2) is 59.8 Å². The van der Waals surface area contributed by atoms with Gasteiger partial charge in [0.05, 0.1) is 17.9 Å². The molecule has 0 saturated heterocycles. The van der Waals surface area contributed by atoms with E-state index in [0.717, 1.165) is 40.3 Å². The van der Waals surface area contributed by atoms with Crippen LogP contribution in [0.2, 0.25) is 0 Å². The zero-order valence-corrected chi connectivity index (χ0v) is 16.1. The van der Waals surface area contributed by atoms with Gasteiger partial charge in [-0.15, -0.1) is 0 Å². The number of hydrogen-bond donors (Lipinski definition) is 2. The van der Waals surface area contributed by atoms with Crippen molar-refractivity contribution in [2.24, 2.45) is 5.92 Å². The van der Waals surface area contributed by atoms with Crippen LogP contribution in [0.3, 0.4) is 0 Å². The molecule has 0 bridgehead atoms. The van der Waals surface area contributed by atoms with E-state index >= 15 is 0 Å². The Balaban J connectivity index is 1.56. The Morgan fingerprint density at radius 3 is 2.76 bits per heavy atom. The van der Waals surface area contributed by atoms with Crippen molar-refractivity contribution in [3.05, 3.63) is 70.9 Å². The minimum atomic E-state index is -0.401. The quantitative estimate of drug-likeness (QED) is 0.533. The minimum absolute atomic E-state index is 0.235. The van der Waals surface area contributed by atoms with Gasteiger partial charge in [0.15, 0.2) is 5.52 Å². The molecule has 1 saturated carbocycles. The van der Waals surface area contributed by atoms with Gasteiger partial charge in [-0.2, -0.15) is 0 Å². The van der Waals surface area contributed by atoms with E-state index in [-0.39, 0.29) is 5.56 Å². The van der Waals surface area contributed by atoms with E-state index in [4.69, 9.17) is 0 Å². The van der Waals surface area contributed by atoms with E-state index in [0.29, 0.717) is 17.0 Å². The summed E-state index contributed by atoms with van der Waals surface area (Å²) in [7, 11) is 0. The first-order valence-electron chi connectivity index (χ1n) is 10.3. The lowest BCUT2D eigenvalue weighted by Gasteiger charge is -2.27. The maximum Gasteiger partial charge on any atom is 0.277 e. The third-order valence-electron chi connectivity index (χ3n) is 6.14. The van der Waals surface area contributed by atoms with Crippen molar-refractivity contribution >= 4 is 21.8 Å². The molecule has 0 amide bonds. The van der Waals surface area contributed by atoms with Gasteiger partial charge < -0.3 is 10.1 Å². The predicted molar refractivity (Wildman–Crippen MR) is 115 cm³/mol. The molecule has 1 aliphatic rings. The highest BCUT2D eigenvalue weighted by molar-refractivity contribution is 5.98. The average Bonchev–Trinajstić information content (AvgIpc) is 2.78. The van der Waals surface area contributed by atoms with Gasteiger partial charge in [-0.05, 0) is 52.8 Å². The predicted octanol–water partition coefficient (Wildman–Crippen LogP) is 4.75. The van der Waals surface area contributed by atoms with Crippen molar-refractivity contribution < 1.29 is 5.11 Å². The second-order valence-electron chi connectivity index (χ2n) is 7.95. The number of hydrogen-bond acceptors (Lipinski definition) is 4. The Morgan fingerprint density at radius 2 is 1.90 bits per heavy atom. The van der Waals surface area contributed by atoms with Crippen molar-refractivity contribution in [3.63, 3.8) is 0 Å². The van der Waals surface area contributed by atoms with Gasteiger partial charge in [0.2, 0.25) is 0 Å². The van der Waals surface area contributed by atoms with Gasteiger partial charge in [0.1, 0.15) is 0 Å². The lowest BCUT2D eigenvalue weighted by molar-refractivity contribution is 0.0849. The van der Waals surface area contributed by atoms with Gasteiger partial charge >= 0.3 is 0 Å². The fourth-order valence-electron chi connectivity index (χ4n) is 4.56. The molecule has 2 aromatic carbocycles. The van der Waals surface area contributed by atoms with Crippen LogP contribution in [0.4, 0.5) is 0 Å². The molecule has 1 fully saturated rings. The van der Waals surface area contributed by atoms with E-state index in [1.807, 2.05) is 18.2 Å². The standard InChI is InChI=1S/C24H23N3O2/c28-23(15-5-2-1-3-6-15)17-9-10-20-16(11-17)7-4-8-19(20)18-12-21-22(25-13-18)24(29)27-14-26-21/h4,7-15,23,28H,1-3,5-6H2,(H,26,27,29). The molecule has 2 aromatic heterocycles. The lowest BCUT2D eigenvalue weighted by Crippen LogP contribution is -2.15. The fraction of sp³-hybridized carbons (Fsp3) is 0.292. The molecule has 1 atom stereocenters. The molecule has 1 aliphatic carbocycles. The van der Waals surface area contributed by atoms with Crippen LogP contribution in [0.25, 0.3) is 32.9 Å². The molecule has 0 radical (unpaired) electrons. The van der Waals surface area contributed by atoms with Gasteiger partial charge in [0.25, 0.3) is 5.56 Å². The van der Waals surface area contributed by atoms with Gasteiger partial charge in [0, 0.05) is 11.8 Å². The highest BCUT2D eigenvalue weighted by Crippen LogP contribution is 2.36. The summed E-state index contributed by atoms with van der Waals surface area (Å²) in [5.41, 5.74) is 3.63. The summed E-state index contributed by atoms with van der Waals surface area (Å²) in [6.07, 6.45) is 8.64. The number of H-pyrrole nitrogens is 1. The van der Waals surface area contributed by atoms with Crippen LogP contribution in [-0.2, 0) is 0 Å². The third kappa shape index (κ3) is 3.32. The normalized spacial score (nSPS) is 16.3.